The van der Waals surface area contributed by atoms with Crippen molar-refractivity contribution in [1.82, 2.24) is 16.0 Å². The molecule has 1 aromatic rings. The lowest BCUT2D eigenvalue weighted by Crippen LogP contribution is -2.37. The minimum atomic E-state index is -0.187. The molecule has 0 unspecified atom stereocenters. The second-order valence-corrected chi connectivity index (χ2v) is 6.01. The van der Waals surface area contributed by atoms with Crippen LogP contribution in [0.2, 0.25) is 0 Å². The summed E-state index contributed by atoms with van der Waals surface area (Å²) in [7, 11) is 1.77. The summed E-state index contributed by atoms with van der Waals surface area (Å²) in [5.41, 5.74) is 1.90. The highest BCUT2D eigenvalue weighted by molar-refractivity contribution is 5.89. The maximum absolute atomic E-state index is 11.7. The number of nitrogens with one attached hydrogen (secondary N) is 4. The van der Waals surface area contributed by atoms with Gasteiger partial charge in [-0.05, 0) is 38.0 Å². The molecule has 1 aromatic carbocycles. The van der Waals surface area contributed by atoms with Gasteiger partial charge in [-0.3, -0.25) is 4.99 Å². The van der Waals surface area contributed by atoms with Crippen molar-refractivity contribution in [1.29, 1.82) is 0 Å². The van der Waals surface area contributed by atoms with Crippen molar-refractivity contribution < 1.29 is 4.79 Å². The molecule has 0 radical (unpaired) electrons. The summed E-state index contributed by atoms with van der Waals surface area (Å²) in [6.45, 7) is 7.67. The number of hydrogen-bond donors (Lipinski definition) is 4. The summed E-state index contributed by atoms with van der Waals surface area (Å²) >= 11 is 0. The molecule has 0 spiro atoms. The summed E-state index contributed by atoms with van der Waals surface area (Å²) < 4.78 is 0. The number of rotatable bonds is 8. The average molecular weight is 333 g/mol. The van der Waals surface area contributed by atoms with Crippen LogP contribution in [0.15, 0.2) is 29.3 Å². The van der Waals surface area contributed by atoms with Gasteiger partial charge in [-0.2, -0.15) is 0 Å². The van der Waals surface area contributed by atoms with Crippen LogP contribution < -0.4 is 21.3 Å². The van der Waals surface area contributed by atoms with Crippen molar-refractivity contribution in [3.05, 3.63) is 29.8 Å². The normalized spacial score (nSPS) is 11.3. The zero-order valence-corrected chi connectivity index (χ0v) is 15.3. The van der Waals surface area contributed by atoms with E-state index in [1.165, 1.54) is 12.8 Å². The molecule has 0 aliphatic carbocycles. The predicted molar refractivity (Wildman–Crippen MR) is 101 cm³/mol. The molecule has 0 aromatic heterocycles. The Balaban J connectivity index is 2.39. The Kier molecular flexibility index (Phi) is 9.34. The van der Waals surface area contributed by atoms with Gasteiger partial charge >= 0.3 is 6.03 Å². The highest BCUT2D eigenvalue weighted by Gasteiger charge is 2.03. The highest BCUT2D eigenvalue weighted by Crippen LogP contribution is 2.09. The number of urea groups is 1. The topological polar surface area (TPSA) is 77.6 Å². The fourth-order valence-corrected chi connectivity index (χ4v) is 2.12. The van der Waals surface area contributed by atoms with Crippen LogP contribution in [0.1, 0.15) is 45.6 Å². The minimum Gasteiger partial charge on any atom is -0.356 e. The first kappa shape index (κ1) is 19.8. The van der Waals surface area contributed by atoms with Gasteiger partial charge < -0.3 is 21.3 Å². The molecule has 2 amide bonds. The van der Waals surface area contributed by atoms with E-state index in [2.05, 4.69) is 33.2 Å². The van der Waals surface area contributed by atoms with E-state index in [4.69, 9.17) is 0 Å². The lowest BCUT2D eigenvalue weighted by atomic mass is 10.2. The minimum absolute atomic E-state index is 0.116. The van der Waals surface area contributed by atoms with Crippen LogP contribution >= 0.6 is 0 Å². The maximum atomic E-state index is 11.7. The third kappa shape index (κ3) is 8.41. The van der Waals surface area contributed by atoms with Gasteiger partial charge in [0.2, 0.25) is 0 Å². The molecule has 0 aliphatic heterocycles. The summed E-state index contributed by atoms with van der Waals surface area (Å²) in [5, 5.41) is 12.2. The molecule has 0 heterocycles. The number of unbranched alkanes of at least 4 members (excludes halogenated alkanes) is 2. The van der Waals surface area contributed by atoms with Gasteiger partial charge in [-0.25, -0.2) is 4.79 Å². The number of anilines is 1. The monoisotopic (exact) mass is 333 g/mol. The van der Waals surface area contributed by atoms with Gasteiger partial charge in [0.1, 0.15) is 0 Å². The molecule has 6 nitrogen and oxygen atoms in total. The SMILES string of the molecule is CCCCCNC(=NC)NCc1ccc(NC(=O)NC(C)C)cc1. The zero-order chi connectivity index (χ0) is 17.8. The van der Waals surface area contributed by atoms with Gasteiger partial charge in [0.05, 0.1) is 0 Å². The van der Waals surface area contributed by atoms with Crippen molar-refractivity contribution in [2.75, 3.05) is 18.9 Å². The largest absolute Gasteiger partial charge is 0.356 e. The van der Waals surface area contributed by atoms with Gasteiger partial charge in [-0.1, -0.05) is 31.9 Å². The van der Waals surface area contributed by atoms with Crippen molar-refractivity contribution in [2.24, 2.45) is 4.99 Å². The first-order valence-corrected chi connectivity index (χ1v) is 8.66. The first-order valence-electron chi connectivity index (χ1n) is 8.66. The lowest BCUT2D eigenvalue weighted by Gasteiger charge is -2.13. The van der Waals surface area contributed by atoms with Crippen molar-refractivity contribution >= 4 is 17.7 Å². The van der Waals surface area contributed by atoms with E-state index in [0.717, 1.165) is 30.2 Å². The smallest absolute Gasteiger partial charge is 0.319 e. The van der Waals surface area contributed by atoms with Crippen LogP contribution in [0.3, 0.4) is 0 Å². The number of carbonyl (C=O) groups excluding carboxylic acids is 1. The molecule has 0 atom stereocenters. The Morgan fingerprint density at radius 2 is 1.83 bits per heavy atom. The predicted octanol–water partition coefficient (Wildman–Crippen LogP) is 3.07. The van der Waals surface area contributed by atoms with E-state index in [0.29, 0.717) is 6.54 Å². The van der Waals surface area contributed by atoms with Crippen LogP contribution in [0.5, 0.6) is 0 Å². The Morgan fingerprint density at radius 1 is 1.12 bits per heavy atom. The number of aliphatic imine (C=N–C) groups is 1. The molecule has 0 saturated carbocycles. The molecule has 0 aliphatic rings. The third-order valence-corrected chi connectivity index (χ3v) is 3.39. The highest BCUT2D eigenvalue weighted by atomic mass is 16.2. The Hall–Kier alpha value is -2.24. The number of nitrogens with zero attached hydrogens (tertiary/aromatic N) is 1. The van der Waals surface area contributed by atoms with E-state index in [9.17, 15) is 4.79 Å². The van der Waals surface area contributed by atoms with Crippen molar-refractivity contribution in [3.63, 3.8) is 0 Å². The molecule has 6 heteroatoms. The van der Waals surface area contributed by atoms with Crippen LogP contribution in [0.4, 0.5) is 10.5 Å². The van der Waals surface area contributed by atoms with Crippen LogP contribution in [0.25, 0.3) is 0 Å². The van der Waals surface area contributed by atoms with E-state index >= 15 is 0 Å². The third-order valence-electron chi connectivity index (χ3n) is 3.39. The summed E-state index contributed by atoms with van der Waals surface area (Å²) in [6, 6.07) is 7.70. The van der Waals surface area contributed by atoms with Crippen molar-refractivity contribution in [2.45, 2.75) is 52.6 Å². The molecule has 0 saturated heterocycles. The Morgan fingerprint density at radius 3 is 2.42 bits per heavy atom. The van der Waals surface area contributed by atoms with E-state index in [-0.39, 0.29) is 12.1 Å². The lowest BCUT2D eigenvalue weighted by molar-refractivity contribution is 0.250. The van der Waals surface area contributed by atoms with Gasteiger partial charge in [0.15, 0.2) is 5.96 Å². The van der Waals surface area contributed by atoms with E-state index < -0.39 is 0 Å². The fraction of sp³-hybridized carbons (Fsp3) is 0.556. The molecule has 134 valence electrons. The van der Waals surface area contributed by atoms with Crippen LogP contribution in [-0.4, -0.2) is 31.6 Å². The second kappa shape index (κ2) is 11.3. The maximum Gasteiger partial charge on any atom is 0.319 e. The summed E-state index contributed by atoms with van der Waals surface area (Å²) in [5.74, 6) is 0.810. The number of carbonyl (C=O) groups is 1. The fourth-order valence-electron chi connectivity index (χ4n) is 2.12. The van der Waals surface area contributed by atoms with E-state index in [1.54, 1.807) is 7.05 Å². The van der Waals surface area contributed by atoms with E-state index in [1.807, 2.05) is 38.1 Å². The van der Waals surface area contributed by atoms with Gasteiger partial charge in [0, 0.05) is 31.9 Å². The molecule has 4 N–H and O–H groups in total. The summed E-state index contributed by atoms with van der Waals surface area (Å²) in [6.07, 6.45) is 3.59. The zero-order valence-electron chi connectivity index (χ0n) is 15.3. The molecular weight excluding hydrogens is 302 g/mol. The standard InChI is InChI=1S/C18H31N5O/c1-5-6-7-12-20-17(19-4)21-13-15-8-10-16(11-9-15)23-18(24)22-14(2)3/h8-11,14H,5-7,12-13H2,1-4H3,(H2,19,20,21)(H2,22,23,24). The first-order chi connectivity index (χ1) is 11.5. The Bertz CT molecular complexity index is 511. The number of hydrogen-bond acceptors (Lipinski definition) is 2. The Labute approximate surface area is 145 Å². The number of amides is 2. The second-order valence-electron chi connectivity index (χ2n) is 6.01. The van der Waals surface area contributed by atoms with Crippen LogP contribution in [-0.2, 0) is 6.54 Å². The summed E-state index contributed by atoms with van der Waals surface area (Å²) in [4.78, 5) is 15.9. The molecule has 0 fully saturated rings. The quantitative estimate of drug-likeness (QED) is 0.335. The molecule has 24 heavy (non-hydrogen) atoms. The van der Waals surface area contributed by atoms with Gasteiger partial charge in [-0.15, -0.1) is 0 Å². The van der Waals surface area contributed by atoms with Crippen LogP contribution in [0, 0.1) is 0 Å². The number of benzene rings is 1. The molecule has 0 bridgehead atoms. The van der Waals surface area contributed by atoms with Gasteiger partial charge in [0.25, 0.3) is 0 Å². The number of guanidine groups is 1. The molecule has 1 rings (SSSR count). The molecular formula is C18H31N5O. The van der Waals surface area contributed by atoms with Crippen molar-refractivity contribution in [3.8, 4) is 0 Å². The average Bonchev–Trinajstić information content (AvgIpc) is 2.55.